The minimum Gasteiger partial charge on any atom is -0.462 e. The molecule has 0 amide bonds. The smallest absolute Gasteiger partial charge is 0.462 e. The highest BCUT2D eigenvalue weighted by atomic mass is 31.2. The summed E-state index contributed by atoms with van der Waals surface area (Å²) in [6, 6.07) is 0. The van der Waals surface area contributed by atoms with Crippen LogP contribution in [0.4, 0.5) is 0 Å². The Hall–Kier alpha value is -1.94. The topological polar surface area (TPSA) is 237 Å². The van der Waals surface area contributed by atoms with E-state index in [-0.39, 0.29) is 25.7 Å². The number of hydrogen-bond donors (Lipinski definition) is 3. The van der Waals surface area contributed by atoms with Gasteiger partial charge in [-0.3, -0.25) is 37.3 Å². The molecule has 6 atom stereocenters. The van der Waals surface area contributed by atoms with Gasteiger partial charge in [-0.25, -0.2) is 9.13 Å². The van der Waals surface area contributed by atoms with Gasteiger partial charge in [0.25, 0.3) is 0 Å². The summed E-state index contributed by atoms with van der Waals surface area (Å²) in [5.41, 5.74) is 0. The van der Waals surface area contributed by atoms with Crippen molar-refractivity contribution in [2.24, 2.45) is 11.8 Å². The van der Waals surface area contributed by atoms with E-state index in [1.54, 1.807) is 0 Å². The van der Waals surface area contributed by atoms with Crippen LogP contribution in [0.15, 0.2) is 0 Å². The second-order valence-electron chi connectivity index (χ2n) is 29.5. The minimum atomic E-state index is -4.96. The van der Waals surface area contributed by atoms with Crippen molar-refractivity contribution in [1.29, 1.82) is 0 Å². The molecule has 3 unspecified atom stereocenters. The SMILES string of the molecule is CCCCCCCCCCCCCCCCCCCCCCCCC(=O)O[C@H](COC(=O)CCCCCCCCCCCCC(C)CC)COP(=O)(O)OC[C@@H](O)COP(=O)(O)OC[C@@H](COC(=O)CCCCCCCCCCC(C)C)OC(=O)CCCCCCCCCCCCCC. The van der Waals surface area contributed by atoms with Crippen molar-refractivity contribution in [3.05, 3.63) is 0 Å². The van der Waals surface area contributed by atoms with Crippen LogP contribution in [0.25, 0.3) is 0 Å². The lowest BCUT2D eigenvalue weighted by molar-refractivity contribution is -0.161. The van der Waals surface area contributed by atoms with E-state index < -0.39 is 97.5 Å². The number of phosphoric acid groups is 2. The summed E-state index contributed by atoms with van der Waals surface area (Å²) in [6.07, 6.45) is 61.1. The van der Waals surface area contributed by atoms with Crippen LogP contribution in [0.3, 0.4) is 0 Å². The fraction of sp³-hybridized carbons (Fsp3) is 0.950. The average Bonchev–Trinajstić information content (AvgIpc) is 1.01. The monoisotopic (exact) mass is 1450 g/mol. The van der Waals surface area contributed by atoms with Crippen LogP contribution in [0.2, 0.25) is 0 Å². The zero-order chi connectivity index (χ0) is 72.8. The number of ether oxygens (including phenoxy) is 4. The molecule has 0 spiro atoms. The van der Waals surface area contributed by atoms with Crippen LogP contribution in [0.5, 0.6) is 0 Å². The molecule has 0 radical (unpaired) electrons. The van der Waals surface area contributed by atoms with Gasteiger partial charge in [-0.15, -0.1) is 0 Å². The molecule has 17 nitrogen and oxygen atoms in total. The van der Waals surface area contributed by atoms with E-state index in [0.717, 1.165) is 102 Å². The van der Waals surface area contributed by atoms with Crippen LogP contribution in [0, 0.1) is 11.8 Å². The predicted octanol–water partition coefficient (Wildman–Crippen LogP) is 23.9. The fourth-order valence-electron chi connectivity index (χ4n) is 12.3. The first-order valence-electron chi connectivity index (χ1n) is 41.5. The Bertz CT molecular complexity index is 1910. The van der Waals surface area contributed by atoms with E-state index in [1.807, 2.05) is 0 Å². The molecule has 0 aliphatic rings. The lowest BCUT2D eigenvalue weighted by Gasteiger charge is -2.21. The largest absolute Gasteiger partial charge is 0.472 e. The summed E-state index contributed by atoms with van der Waals surface area (Å²) in [7, 11) is -9.92. The fourth-order valence-corrected chi connectivity index (χ4v) is 13.9. The maximum absolute atomic E-state index is 13.1. The molecule has 0 rings (SSSR count). The van der Waals surface area contributed by atoms with Gasteiger partial charge in [0.05, 0.1) is 26.4 Å². The number of hydrogen-bond acceptors (Lipinski definition) is 15. The molecule has 0 saturated carbocycles. The maximum Gasteiger partial charge on any atom is 0.472 e. The van der Waals surface area contributed by atoms with E-state index in [4.69, 9.17) is 37.0 Å². The van der Waals surface area contributed by atoms with Gasteiger partial charge in [0.1, 0.15) is 19.3 Å². The van der Waals surface area contributed by atoms with Gasteiger partial charge >= 0.3 is 39.5 Å². The maximum atomic E-state index is 13.1. The Morgan fingerprint density at radius 3 is 0.768 bits per heavy atom. The third kappa shape index (κ3) is 72.8. The van der Waals surface area contributed by atoms with Crippen molar-refractivity contribution >= 4 is 39.5 Å². The summed E-state index contributed by atoms with van der Waals surface area (Å²) < 4.78 is 68.6. The van der Waals surface area contributed by atoms with Gasteiger partial charge in [0, 0.05) is 25.7 Å². The van der Waals surface area contributed by atoms with Gasteiger partial charge in [0.2, 0.25) is 0 Å². The minimum absolute atomic E-state index is 0.107. The summed E-state index contributed by atoms with van der Waals surface area (Å²) >= 11 is 0. The average molecular weight is 1450 g/mol. The number of unbranched alkanes of at least 4 members (excludes halogenated alkanes) is 48. The Kier molecular flexibility index (Phi) is 70.3. The van der Waals surface area contributed by atoms with Gasteiger partial charge in [-0.2, -0.15) is 0 Å². The Morgan fingerprint density at radius 2 is 0.515 bits per heavy atom. The number of carbonyl (C=O) groups excluding carboxylic acids is 4. The van der Waals surface area contributed by atoms with Gasteiger partial charge < -0.3 is 33.8 Å². The lowest BCUT2D eigenvalue weighted by atomic mass is 9.99. The standard InChI is InChI=1S/C80H156O17P2/c1-7-10-12-14-16-18-20-22-23-24-25-26-27-28-29-30-31-33-39-47-53-59-65-80(85)96-75(68-90-77(82)62-56-50-44-37-35-34-36-43-49-55-61-73(6)9-3)70-94-98(86,87)92-66-74(81)67-93-99(88,89)95-71-76(69-91-78(83)63-57-51-45-41-40-42-48-54-60-72(4)5)97-79(84)64-58-52-46-38-32-21-19-17-15-13-11-8-2/h72-76,81H,7-71H2,1-6H3,(H,86,87)(H,88,89)/t73?,74-,75-,76-/m1/s1. The molecule has 19 heteroatoms. The van der Waals surface area contributed by atoms with Crippen LogP contribution >= 0.6 is 15.6 Å². The zero-order valence-corrected chi connectivity index (χ0v) is 66.6. The molecule has 0 aliphatic heterocycles. The highest BCUT2D eigenvalue weighted by Gasteiger charge is 2.30. The number of rotatable bonds is 79. The number of aliphatic hydroxyl groups is 1. The van der Waals surface area contributed by atoms with Crippen molar-refractivity contribution < 1.29 is 80.2 Å². The quantitative estimate of drug-likeness (QED) is 0.0222. The summed E-state index contributed by atoms with van der Waals surface area (Å²) in [4.78, 5) is 72.9. The summed E-state index contributed by atoms with van der Waals surface area (Å²) in [6.45, 7) is 9.61. The van der Waals surface area contributed by atoms with Crippen LogP contribution in [-0.4, -0.2) is 96.7 Å². The molecule has 3 N–H and O–H groups in total. The van der Waals surface area contributed by atoms with Crippen LogP contribution in [-0.2, 0) is 65.4 Å². The van der Waals surface area contributed by atoms with Crippen molar-refractivity contribution in [2.45, 2.75) is 439 Å². The summed E-state index contributed by atoms with van der Waals surface area (Å²) in [5, 5.41) is 10.6. The van der Waals surface area contributed by atoms with Crippen LogP contribution in [0.1, 0.15) is 420 Å². The first-order chi connectivity index (χ1) is 47.9. The molecule has 0 aromatic rings. The van der Waals surface area contributed by atoms with Gasteiger partial charge in [-0.05, 0) is 37.5 Å². The van der Waals surface area contributed by atoms with Crippen molar-refractivity contribution in [3.8, 4) is 0 Å². The summed E-state index contributed by atoms with van der Waals surface area (Å²) in [5.74, 6) is -0.576. The molecule has 99 heavy (non-hydrogen) atoms. The number of carbonyl (C=O) groups is 4. The molecule has 0 fully saturated rings. The molecule has 0 heterocycles. The third-order valence-corrected chi connectivity index (χ3v) is 21.0. The molecule has 0 bridgehead atoms. The molecular formula is C80H156O17P2. The highest BCUT2D eigenvalue weighted by molar-refractivity contribution is 7.47. The van der Waals surface area contributed by atoms with Crippen molar-refractivity contribution in [2.75, 3.05) is 39.6 Å². The number of esters is 4. The van der Waals surface area contributed by atoms with E-state index in [2.05, 4.69) is 41.5 Å². The molecule has 0 aromatic carbocycles. The van der Waals surface area contributed by atoms with Crippen molar-refractivity contribution in [1.82, 2.24) is 0 Å². The van der Waals surface area contributed by atoms with Crippen molar-refractivity contribution in [3.63, 3.8) is 0 Å². The van der Waals surface area contributed by atoms with E-state index in [0.29, 0.717) is 25.7 Å². The first kappa shape index (κ1) is 97.1. The highest BCUT2D eigenvalue weighted by Crippen LogP contribution is 2.45. The Labute approximate surface area is 607 Å². The van der Waals surface area contributed by atoms with Gasteiger partial charge in [-0.1, -0.05) is 369 Å². The Morgan fingerprint density at radius 1 is 0.293 bits per heavy atom. The van der Waals surface area contributed by atoms with Crippen LogP contribution < -0.4 is 0 Å². The molecular weight excluding hydrogens is 1290 g/mol. The molecule has 0 aliphatic carbocycles. The first-order valence-corrected chi connectivity index (χ1v) is 44.5. The van der Waals surface area contributed by atoms with E-state index in [1.165, 1.54) is 238 Å². The number of phosphoric ester groups is 2. The normalized spacial score (nSPS) is 14.2. The second kappa shape index (κ2) is 71.7. The lowest BCUT2D eigenvalue weighted by Crippen LogP contribution is -2.30. The third-order valence-electron chi connectivity index (χ3n) is 19.1. The Balaban J connectivity index is 5.21. The zero-order valence-electron chi connectivity index (χ0n) is 64.8. The van der Waals surface area contributed by atoms with E-state index in [9.17, 15) is 43.2 Å². The molecule has 588 valence electrons. The number of aliphatic hydroxyl groups excluding tert-OH is 1. The van der Waals surface area contributed by atoms with E-state index >= 15 is 0 Å². The van der Waals surface area contributed by atoms with Gasteiger partial charge in [0.15, 0.2) is 12.2 Å². The predicted molar refractivity (Wildman–Crippen MR) is 405 cm³/mol. The second-order valence-corrected chi connectivity index (χ2v) is 32.4. The molecule has 0 saturated heterocycles. The molecule has 0 aromatic heterocycles.